The molecule has 1 aromatic heterocycles. The maximum Gasteiger partial charge on any atom is 0.126 e. The first kappa shape index (κ1) is 13.6. The second-order valence-electron chi connectivity index (χ2n) is 4.39. The highest BCUT2D eigenvalue weighted by atomic mass is 19.1. The van der Waals surface area contributed by atoms with Crippen molar-refractivity contribution in [2.45, 2.75) is 19.4 Å². The number of halogens is 2. The Hall–Kier alpha value is -1.85. The zero-order chi connectivity index (χ0) is 13.8. The van der Waals surface area contributed by atoms with Crippen LogP contribution in [0.3, 0.4) is 0 Å². The predicted molar refractivity (Wildman–Crippen MR) is 69.1 cm³/mol. The third-order valence-electron chi connectivity index (χ3n) is 2.97. The summed E-state index contributed by atoms with van der Waals surface area (Å²) in [7, 11) is 0. The van der Waals surface area contributed by atoms with E-state index in [1.54, 1.807) is 6.20 Å². The van der Waals surface area contributed by atoms with Crippen LogP contribution in [0.5, 0.6) is 0 Å². The monoisotopic (exact) mass is 263 g/mol. The Morgan fingerprint density at radius 1 is 1.26 bits per heavy atom. The van der Waals surface area contributed by atoms with E-state index in [-0.39, 0.29) is 18.0 Å². The Morgan fingerprint density at radius 3 is 2.68 bits per heavy atom. The number of benzene rings is 1. The van der Waals surface area contributed by atoms with Crippen LogP contribution in [0, 0.1) is 18.6 Å². The van der Waals surface area contributed by atoms with Gasteiger partial charge >= 0.3 is 0 Å². The Morgan fingerprint density at radius 2 is 2.05 bits per heavy atom. The lowest BCUT2D eigenvalue weighted by atomic mass is 10.00. The molecule has 1 unspecified atom stereocenters. The number of hydrogen-bond acceptors (Lipinski definition) is 3. The van der Waals surface area contributed by atoms with Crippen LogP contribution < -0.4 is 11.3 Å². The zero-order valence-corrected chi connectivity index (χ0v) is 10.5. The molecule has 1 atom stereocenters. The van der Waals surface area contributed by atoms with Gasteiger partial charge in [0, 0.05) is 11.9 Å². The van der Waals surface area contributed by atoms with Crippen LogP contribution in [0.15, 0.2) is 36.5 Å². The molecule has 5 heteroatoms. The molecule has 0 aliphatic rings. The summed E-state index contributed by atoms with van der Waals surface area (Å²) in [5, 5.41) is 0. The van der Waals surface area contributed by atoms with Crippen LogP contribution in [0.4, 0.5) is 8.78 Å². The van der Waals surface area contributed by atoms with Gasteiger partial charge in [-0.25, -0.2) is 8.78 Å². The second-order valence-corrected chi connectivity index (χ2v) is 4.39. The number of aromatic nitrogens is 1. The van der Waals surface area contributed by atoms with Gasteiger partial charge in [0.1, 0.15) is 11.6 Å². The summed E-state index contributed by atoms with van der Waals surface area (Å²) in [4.78, 5) is 4.17. The molecule has 1 heterocycles. The molecule has 1 aromatic carbocycles. The van der Waals surface area contributed by atoms with E-state index in [0.29, 0.717) is 0 Å². The molecule has 0 saturated carbocycles. The lowest BCUT2D eigenvalue weighted by molar-refractivity contribution is 0.521. The molecule has 0 radical (unpaired) electrons. The SMILES string of the molecule is Cc1ccc(C(Cc2cc(F)ccc2F)NN)cn1. The minimum absolute atomic E-state index is 0.255. The average Bonchev–Trinajstić information content (AvgIpc) is 2.41. The predicted octanol–water partition coefficient (Wildman–Crippen LogP) is 2.42. The van der Waals surface area contributed by atoms with Gasteiger partial charge in [-0.1, -0.05) is 6.07 Å². The number of rotatable bonds is 4. The summed E-state index contributed by atoms with van der Waals surface area (Å²) in [6.07, 6.45) is 1.93. The minimum Gasteiger partial charge on any atom is -0.271 e. The fourth-order valence-corrected chi connectivity index (χ4v) is 1.88. The second kappa shape index (κ2) is 5.86. The van der Waals surface area contributed by atoms with Crippen molar-refractivity contribution in [3.8, 4) is 0 Å². The van der Waals surface area contributed by atoms with Crippen LogP contribution in [0.25, 0.3) is 0 Å². The highest BCUT2D eigenvalue weighted by Gasteiger charge is 2.14. The van der Waals surface area contributed by atoms with Crippen molar-refractivity contribution in [3.63, 3.8) is 0 Å². The molecular formula is C14H15F2N3. The van der Waals surface area contributed by atoms with Gasteiger partial charge < -0.3 is 0 Å². The van der Waals surface area contributed by atoms with E-state index in [0.717, 1.165) is 23.4 Å². The molecule has 3 nitrogen and oxygen atoms in total. The molecule has 0 spiro atoms. The molecule has 2 aromatic rings. The topological polar surface area (TPSA) is 50.9 Å². The van der Waals surface area contributed by atoms with Gasteiger partial charge in [-0.3, -0.25) is 16.3 Å². The fraction of sp³-hybridized carbons (Fsp3) is 0.214. The third-order valence-corrected chi connectivity index (χ3v) is 2.97. The van der Waals surface area contributed by atoms with Gasteiger partial charge in [-0.05, 0) is 48.7 Å². The molecule has 0 fully saturated rings. The molecule has 0 aliphatic carbocycles. The molecule has 100 valence electrons. The number of hydrogen-bond donors (Lipinski definition) is 2. The molecule has 0 bridgehead atoms. The van der Waals surface area contributed by atoms with Crippen molar-refractivity contribution in [3.05, 3.63) is 65.0 Å². The molecule has 0 aliphatic heterocycles. The van der Waals surface area contributed by atoms with E-state index < -0.39 is 11.6 Å². The van der Waals surface area contributed by atoms with Gasteiger partial charge in [-0.2, -0.15) is 0 Å². The molecule has 2 rings (SSSR count). The van der Waals surface area contributed by atoms with Crippen molar-refractivity contribution in [2.75, 3.05) is 0 Å². The van der Waals surface area contributed by atoms with Crippen molar-refractivity contribution in [1.29, 1.82) is 0 Å². The van der Waals surface area contributed by atoms with Gasteiger partial charge in [0.15, 0.2) is 0 Å². The third kappa shape index (κ3) is 3.33. The van der Waals surface area contributed by atoms with E-state index in [1.165, 1.54) is 6.07 Å². The fourth-order valence-electron chi connectivity index (χ4n) is 1.88. The molecule has 3 N–H and O–H groups in total. The van der Waals surface area contributed by atoms with Crippen LogP contribution >= 0.6 is 0 Å². The largest absolute Gasteiger partial charge is 0.271 e. The van der Waals surface area contributed by atoms with Gasteiger partial charge in [0.25, 0.3) is 0 Å². The van der Waals surface area contributed by atoms with E-state index in [2.05, 4.69) is 10.4 Å². The molecule has 0 saturated heterocycles. The van der Waals surface area contributed by atoms with Crippen LogP contribution in [-0.4, -0.2) is 4.98 Å². The van der Waals surface area contributed by atoms with E-state index >= 15 is 0 Å². The normalized spacial score (nSPS) is 12.4. The van der Waals surface area contributed by atoms with Crippen molar-refractivity contribution < 1.29 is 8.78 Å². The first-order valence-electron chi connectivity index (χ1n) is 5.92. The van der Waals surface area contributed by atoms with Crippen molar-refractivity contribution >= 4 is 0 Å². The average molecular weight is 263 g/mol. The minimum atomic E-state index is -0.464. The van der Waals surface area contributed by atoms with Gasteiger partial charge in [0.05, 0.1) is 6.04 Å². The first-order valence-corrected chi connectivity index (χ1v) is 5.92. The van der Waals surface area contributed by atoms with Crippen molar-refractivity contribution in [1.82, 2.24) is 10.4 Å². The summed E-state index contributed by atoms with van der Waals surface area (Å²) in [6, 6.07) is 6.79. The number of hydrazine groups is 1. The Labute approximate surface area is 110 Å². The quantitative estimate of drug-likeness (QED) is 0.658. The Balaban J connectivity index is 2.23. The maximum atomic E-state index is 13.6. The summed E-state index contributed by atoms with van der Waals surface area (Å²) < 4.78 is 26.7. The number of nitrogens with two attached hydrogens (primary N) is 1. The van der Waals surface area contributed by atoms with E-state index in [9.17, 15) is 8.78 Å². The highest BCUT2D eigenvalue weighted by Crippen LogP contribution is 2.20. The summed E-state index contributed by atoms with van der Waals surface area (Å²) >= 11 is 0. The van der Waals surface area contributed by atoms with Crippen LogP contribution in [0.1, 0.15) is 22.9 Å². The first-order chi connectivity index (χ1) is 9.10. The standard InChI is InChI=1S/C14H15F2N3/c1-9-2-3-10(8-18-9)14(19-17)7-11-6-12(15)4-5-13(11)16/h2-6,8,14,19H,7,17H2,1H3. The smallest absolute Gasteiger partial charge is 0.126 e. The Bertz CT molecular complexity index is 555. The molecular weight excluding hydrogens is 248 g/mol. The lowest BCUT2D eigenvalue weighted by Gasteiger charge is -2.16. The Kier molecular flexibility index (Phi) is 4.19. The highest BCUT2D eigenvalue weighted by molar-refractivity contribution is 5.24. The number of pyridine rings is 1. The summed E-state index contributed by atoms with van der Waals surface area (Å²) in [6.45, 7) is 1.88. The van der Waals surface area contributed by atoms with Gasteiger partial charge in [-0.15, -0.1) is 0 Å². The van der Waals surface area contributed by atoms with Crippen molar-refractivity contribution in [2.24, 2.45) is 5.84 Å². The van der Waals surface area contributed by atoms with Crippen LogP contribution in [-0.2, 0) is 6.42 Å². The number of aryl methyl sites for hydroxylation is 1. The maximum absolute atomic E-state index is 13.6. The summed E-state index contributed by atoms with van der Waals surface area (Å²) in [5.41, 5.74) is 4.60. The van der Waals surface area contributed by atoms with E-state index in [4.69, 9.17) is 5.84 Å². The molecule has 19 heavy (non-hydrogen) atoms. The van der Waals surface area contributed by atoms with E-state index in [1.807, 2.05) is 19.1 Å². The van der Waals surface area contributed by atoms with Crippen LogP contribution in [0.2, 0.25) is 0 Å². The number of nitrogens with zero attached hydrogens (tertiary/aromatic N) is 1. The summed E-state index contributed by atoms with van der Waals surface area (Å²) in [5.74, 6) is 4.58. The van der Waals surface area contributed by atoms with Gasteiger partial charge in [0.2, 0.25) is 0 Å². The number of nitrogens with one attached hydrogen (secondary N) is 1. The molecule has 0 amide bonds. The lowest BCUT2D eigenvalue weighted by Crippen LogP contribution is -2.30. The zero-order valence-electron chi connectivity index (χ0n) is 10.5.